The Kier molecular flexibility index (Phi) is 5.21. The van der Waals surface area contributed by atoms with E-state index in [2.05, 4.69) is 10.6 Å². The normalized spacial score (nSPS) is 11.8. The summed E-state index contributed by atoms with van der Waals surface area (Å²) in [5.74, 6) is -2.65. The summed E-state index contributed by atoms with van der Waals surface area (Å²) < 4.78 is 26.0. The van der Waals surface area contributed by atoms with Crippen LogP contribution in [-0.4, -0.2) is 18.4 Å². The largest absolute Gasteiger partial charge is 0.348 e. The predicted octanol–water partition coefficient (Wildman–Crippen LogP) is 2.63. The molecule has 4 nitrogen and oxygen atoms in total. The van der Waals surface area contributed by atoms with Gasteiger partial charge in [-0.15, -0.1) is 11.3 Å². The van der Waals surface area contributed by atoms with Gasteiger partial charge in [0, 0.05) is 0 Å². The lowest BCUT2D eigenvalue weighted by molar-refractivity contribution is -0.120. The molecule has 0 aliphatic heterocycles. The van der Waals surface area contributed by atoms with E-state index in [4.69, 9.17) is 0 Å². The third kappa shape index (κ3) is 4.11. The number of benzene rings is 1. The van der Waals surface area contributed by atoms with E-state index in [9.17, 15) is 18.4 Å². The number of thiophene rings is 1. The zero-order valence-electron chi connectivity index (χ0n) is 11.7. The van der Waals surface area contributed by atoms with Crippen molar-refractivity contribution in [3.8, 4) is 0 Å². The highest BCUT2D eigenvalue weighted by atomic mass is 32.1. The molecule has 2 N–H and O–H groups in total. The monoisotopic (exact) mass is 324 g/mol. The topological polar surface area (TPSA) is 58.2 Å². The van der Waals surface area contributed by atoms with Gasteiger partial charge in [-0.1, -0.05) is 12.1 Å². The summed E-state index contributed by atoms with van der Waals surface area (Å²) in [5, 5.41) is 6.86. The standard InChI is InChI=1S/C15H14F2N2O2S/c1-9(10-4-5-11(16)12(17)7-10)19-14(20)8-18-15(21)13-3-2-6-22-13/h2-7,9H,8H2,1H3,(H,18,21)(H,19,20). The number of carbonyl (C=O) groups excluding carboxylic acids is 2. The highest BCUT2D eigenvalue weighted by Crippen LogP contribution is 2.15. The van der Waals surface area contributed by atoms with Gasteiger partial charge in [-0.05, 0) is 36.1 Å². The van der Waals surface area contributed by atoms with E-state index >= 15 is 0 Å². The minimum Gasteiger partial charge on any atom is -0.348 e. The second-order valence-electron chi connectivity index (χ2n) is 4.62. The molecule has 1 unspecified atom stereocenters. The van der Waals surface area contributed by atoms with Gasteiger partial charge in [0.25, 0.3) is 5.91 Å². The van der Waals surface area contributed by atoms with E-state index in [1.165, 1.54) is 17.4 Å². The average molecular weight is 324 g/mol. The number of halogens is 2. The molecule has 0 spiro atoms. The van der Waals surface area contributed by atoms with Crippen LogP contribution in [0.5, 0.6) is 0 Å². The second-order valence-corrected chi connectivity index (χ2v) is 5.57. The van der Waals surface area contributed by atoms with Crippen molar-refractivity contribution < 1.29 is 18.4 Å². The van der Waals surface area contributed by atoms with Crippen molar-refractivity contribution in [1.82, 2.24) is 10.6 Å². The fourth-order valence-electron chi connectivity index (χ4n) is 1.81. The van der Waals surface area contributed by atoms with Crippen LogP contribution in [0.1, 0.15) is 28.2 Å². The molecule has 1 aromatic carbocycles. The molecule has 0 bridgehead atoms. The van der Waals surface area contributed by atoms with Crippen molar-refractivity contribution in [2.75, 3.05) is 6.54 Å². The molecule has 2 amide bonds. The lowest BCUT2D eigenvalue weighted by atomic mass is 10.1. The quantitative estimate of drug-likeness (QED) is 0.888. The zero-order valence-corrected chi connectivity index (χ0v) is 12.5. The highest BCUT2D eigenvalue weighted by Gasteiger charge is 2.13. The molecule has 0 radical (unpaired) electrons. The van der Waals surface area contributed by atoms with Crippen LogP contribution in [0.3, 0.4) is 0 Å². The average Bonchev–Trinajstić information content (AvgIpc) is 3.02. The Morgan fingerprint density at radius 1 is 1.23 bits per heavy atom. The van der Waals surface area contributed by atoms with Gasteiger partial charge in [-0.25, -0.2) is 8.78 Å². The third-order valence-electron chi connectivity index (χ3n) is 2.98. The van der Waals surface area contributed by atoms with Crippen molar-refractivity contribution in [3.05, 3.63) is 57.8 Å². The first-order valence-electron chi connectivity index (χ1n) is 6.53. The van der Waals surface area contributed by atoms with Gasteiger partial charge < -0.3 is 10.6 Å². The molecular weight excluding hydrogens is 310 g/mol. The van der Waals surface area contributed by atoms with E-state index in [-0.39, 0.29) is 12.5 Å². The molecule has 2 rings (SSSR count). The van der Waals surface area contributed by atoms with Crippen molar-refractivity contribution in [3.63, 3.8) is 0 Å². The van der Waals surface area contributed by atoms with Crippen LogP contribution in [0, 0.1) is 11.6 Å². The summed E-state index contributed by atoms with van der Waals surface area (Å²) in [6, 6.07) is 6.33. The second kappa shape index (κ2) is 7.13. The maximum absolute atomic E-state index is 13.1. The van der Waals surface area contributed by atoms with E-state index in [1.807, 2.05) is 0 Å². The fourth-order valence-corrected chi connectivity index (χ4v) is 2.45. The van der Waals surface area contributed by atoms with Gasteiger partial charge in [-0.2, -0.15) is 0 Å². The lowest BCUT2D eigenvalue weighted by Gasteiger charge is -2.14. The number of carbonyl (C=O) groups is 2. The predicted molar refractivity (Wildman–Crippen MR) is 79.6 cm³/mol. The number of hydrogen-bond acceptors (Lipinski definition) is 3. The Hall–Kier alpha value is -2.28. The van der Waals surface area contributed by atoms with Gasteiger partial charge in [0.1, 0.15) is 0 Å². The maximum atomic E-state index is 13.1. The number of amides is 2. The van der Waals surface area contributed by atoms with Crippen LogP contribution < -0.4 is 10.6 Å². The molecule has 1 atom stereocenters. The molecule has 1 aromatic heterocycles. The Labute approximate surface area is 130 Å². The summed E-state index contributed by atoms with van der Waals surface area (Å²) in [6.45, 7) is 1.45. The number of nitrogens with one attached hydrogen (secondary N) is 2. The number of rotatable bonds is 5. The van der Waals surface area contributed by atoms with Crippen molar-refractivity contribution >= 4 is 23.2 Å². The molecule has 0 fully saturated rings. The van der Waals surface area contributed by atoms with Crippen LogP contribution in [-0.2, 0) is 4.79 Å². The van der Waals surface area contributed by atoms with Crippen LogP contribution in [0.15, 0.2) is 35.7 Å². The fraction of sp³-hybridized carbons (Fsp3) is 0.200. The van der Waals surface area contributed by atoms with Crippen LogP contribution in [0.25, 0.3) is 0 Å². The van der Waals surface area contributed by atoms with Crippen LogP contribution >= 0.6 is 11.3 Å². The van der Waals surface area contributed by atoms with Crippen molar-refractivity contribution in [2.45, 2.75) is 13.0 Å². The minimum absolute atomic E-state index is 0.190. The van der Waals surface area contributed by atoms with Gasteiger partial charge in [0.05, 0.1) is 17.5 Å². The van der Waals surface area contributed by atoms with Gasteiger partial charge >= 0.3 is 0 Å². The maximum Gasteiger partial charge on any atom is 0.261 e. The Morgan fingerprint density at radius 2 is 2.00 bits per heavy atom. The first kappa shape index (κ1) is 16.1. The minimum atomic E-state index is -0.968. The first-order chi connectivity index (χ1) is 10.5. The van der Waals surface area contributed by atoms with E-state index in [0.29, 0.717) is 10.4 Å². The van der Waals surface area contributed by atoms with Gasteiger partial charge in [-0.3, -0.25) is 9.59 Å². The molecule has 0 aliphatic carbocycles. The first-order valence-corrected chi connectivity index (χ1v) is 7.41. The summed E-state index contributed by atoms with van der Waals surface area (Å²) in [6.07, 6.45) is 0. The van der Waals surface area contributed by atoms with E-state index < -0.39 is 23.6 Å². The third-order valence-corrected chi connectivity index (χ3v) is 3.84. The zero-order chi connectivity index (χ0) is 16.1. The van der Waals surface area contributed by atoms with Crippen molar-refractivity contribution in [1.29, 1.82) is 0 Å². The summed E-state index contributed by atoms with van der Waals surface area (Å²) in [4.78, 5) is 24.0. The summed E-state index contributed by atoms with van der Waals surface area (Å²) in [7, 11) is 0. The smallest absolute Gasteiger partial charge is 0.261 e. The number of hydrogen-bond donors (Lipinski definition) is 2. The summed E-state index contributed by atoms with van der Waals surface area (Å²) in [5.41, 5.74) is 0.442. The van der Waals surface area contributed by atoms with Crippen LogP contribution in [0.2, 0.25) is 0 Å². The van der Waals surface area contributed by atoms with E-state index in [0.717, 1.165) is 12.1 Å². The van der Waals surface area contributed by atoms with Gasteiger partial charge in [0.2, 0.25) is 5.91 Å². The molecule has 22 heavy (non-hydrogen) atoms. The SMILES string of the molecule is CC(NC(=O)CNC(=O)c1cccs1)c1ccc(F)c(F)c1. The Bertz CT molecular complexity index is 674. The van der Waals surface area contributed by atoms with Crippen LogP contribution in [0.4, 0.5) is 8.78 Å². The van der Waals surface area contributed by atoms with Gasteiger partial charge in [0.15, 0.2) is 11.6 Å². The molecule has 0 saturated heterocycles. The Morgan fingerprint density at radius 3 is 2.64 bits per heavy atom. The summed E-state index contributed by atoms with van der Waals surface area (Å²) >= 11 is 1.28. The molecule has 116 valence electrons. The molecular formula is C15H14F2N2O2S. The molecule has 1 heterocycles. The van der Waals surface area contributed by atoms with Crippen molar-refractivity contribution in [2.24, 2.45) is 0 Å². The Balaban J connectivity index is 1.86. The molecule has 2 aromatic rings. The molecule has 0 saturated carbocycles. The molecule has 7 heteroatoms. The van der Waals surface area contributed by atoms with E-state index in [1.54, 1.807) is 24.4 Å². The lowest BCUT2D eigenvalue weighted by Crippen LogP contribution is -2.37. The highest BCUT2D eigenvalue weighted by molar-refractivity contribution is 7.12. The molecule has 0 aliphatic rings.